The Morgan fingerprint density at radius 1 is 0.583 bits per heavy atom. The fourth-order valence-corrected chi connectivity index (χ4v) is 11.6. The summed E-state index contributed by atoms with van der Waals surface area (Å²) in [6.07, 6.45) is 7.95. The zero-order valence-electron chi connectivity index (χ0n) is 22.3. The van der Waals surface area contributed by atoms with Gasteiger partial charge in [-0.15, -0.1) is 0 Å². The van der Waals surface area contributed by atoms with Crippen molar-refractivity contribution in [2.24, 2.45) is 0 Å². The number of halogens is 3. The first-order valence-electron chi connectivity index (χ1n) is 11.8. The molecule has 0 nitrogen and oxygen atoms in total. The largest absolute Gasteiger partial charge is 4.00 e. The van der Waals surface area contributed by atoms with Crippen LogP contribution in [0.2, 0.25) is 0 Å². The molecule has 5 heteroatoms. The van der Waals surface area contributed by atoms with Crippen molar-refractivity contribution < 1.29 is 58.9 Å². The minimum absolute atomic E-state index is 0. The second-order valence-corrected chi connectivity index (χ2v) is 13.6. The van der Waals surface area contributed by atoms with Crippen LogP contribution in [0.15, 0.2) is 71.4 Å². The molecule has 0 amide bonds. The summed E-state index contributed by atoms with van der Waals surface area (Å²) in [5.41, 5.74) is 9.49. The topological polar surface area (TPSA) is 0 Å². The second-order valence-electron chi connectivity index (χ2n) is 9.74. The smallest absolute Gasteiger partial charge is 1.00 e. The van der Waals surface area contributed by atoms with Gasteiger partial charge in [-0.1, -0.05) is 123 Å². The average Bonchev–Trinajstić information content (AvgIpc) is 3.15. The summed E-state index contributed by atoms with van der Waals surface area (Å²) in [6.45, 7) is 15.7. The molecule has 0 aliphatic heterocycles. The molecule has 1 aliphatic carbocycles. The maximum Gasteiger partial charge on any atom is 4.00 e. The summed E-state index contributed by atoms with van der Waals surface area (Å²) < 4.78 is 0. The normalized spacial score (nSPS) is 12.3. The van der Waals surface area contributed by atoms with Crippen molar-refractivity contribution >= 4 is 23.6 Å². The Balaban J connectivity index is 0.00000306. The van der Waals surface area contributed by atoms with E-state index >= 15 is 0 Å². The van der Waals surface area contributed by atoms with Crippen LogP contribution in [-0.4, -0.2) is 8.07 Å². The van der Waals surface area contributed by atoms with Crippen LogP contribution in [0, 0.1) is 47.6 Å². The summed E-state index contributed by atoms with van der Waals surface area (Å²) in [7, 11) is -2.48. The van der Waals surface area contributed by atoms with Crippen molar-refractivity contribution in [2.75, 3.05) is 0 Å². The summed E-state index contributed by atoms with van der Waals surface area (Å²) in [4.78, 5) is 0. The Hall–Kier alpha value is -1.06. The van der Waals surface area contributed by atoms with E-state index in [1.54, 1.807) is 5.20 Å². The Morgan fingerprint density at radius 2 is 0.889 bits per heavy atom. The van der Waals surface area contributed by atoms with Crippen LogP contribution in [0.4, 0.5) is 0 Å². The molecule has 0 fully saturated rings. The van der Waals surface area contributed by atoms with E-state index in [4.69, 9.17) is 0 Å². The van der Waals surface area contributed by atoms with E-state index in [1.807, 2.05) is 0 Å². The number of hydrogen-bond donors (Lipinski definition) is 0. The maximum atomic E-state index is 3.65. The molecule has 0 saturated heterocycles. The molecule has 0 atom stereocenters. The van der Waals surface area contributed by atoms with Gasteiger partial charge in [-0.25, -0.2) is 10.8 Å². The zero-order valence-corrected chi connectivity index (χ0v) is 27.2. The van der Waals surface area contributed by atoms with Gasteiger partial charge in [0.05, 0.1) is 8.07 Å². The van der Waals surface area contributed by atoms with Gasteiger partial charge >= 0.3 is 21.7 Å². The quantitative estimate of drug-likeness (QED) is 0.170. The summed E-state index contributed by atoms with van der Waals surface area (Å²) >= 11 is 0. The predicted molar refractivity (Wildman–Crippen MR) is 142 cm³/mol. The molecule has 0 bridgehead atoms. The van der Waals surface area contributed by atoms with Gasteiger partial charge in [0.1, 0.15) is 0 Å². The van der Waals surface area contributed by atoms with Crippen LogP contribution in [-0.2, 0) is 21.7 Å². The molecule has 0 radical (unpaired) electrons. The first-order valence-corrected chi connectivity index (χ1v) is 13.8. The Morgan fingerprint density at radius 3 is 1.17 bits per heavy atom. The number of aryl methyl sites for hydroxylation is 6. The third-order valence-corrected chi connectivity index (χ3v) is 11.6. The zero-order chi connectivity index (χ0) is 23.0. The summed E-state index contributed by atoms with van der Waals surface area (Å²) in [5.74, 6) is 0. The van der Waals surface area contributed by atoms with Crippen molar-refractivity contribution in [2.45, 2.75) is 61.3 Å². The Kier molecular flexibility index (Phi) is 13.8. The van der Waals surface area contributed by atoms with Gasteiger partial charge in [-0.3, -0.25) is 6.08 Å². The second kappa shape index (κ2) is 14.2. The van der Waals surface area contributed by atoms with Crippen LogP contribution < -0.4 is 52.8 Å². The fraction of sp³-hybridized carbons (Fsp3) is 0.290. The van der Waals surface area contributed by atoms with E-state index in [1.165, 1.54) is 54.5 Å². The van der Waals surface area contributed by atoms with Gasteiger partial charge in [-0.2, -0.15) is 6.08 Å². The summed E-state index contributed by atoms with van der Waals surface area (Å²) in [6, 6.07) is 21.7. The van der Waals surface area contributed by atoms with Crippen LogP contribution in [0.5, 0.6) is 0 Å². The maximum absolute atomic E-state index is 3.65. The van der Waals surface area contributed by atoms with Crippen molar-refractivity contribution in [1.82, 2.24) is 0 Å². The molecule has 3 aromatic carbocycles. The third kappa shape index (κ3) is 6.68. The van der Waals surface area contributed by atoms with Gasteiger partial charge < -0.3 is 37.2 Å². The molecule has 3 aromatic rings. The van der Waals surface area contributed by atoms with Crippen molar-refractivity contribution in [3.8, 4) is 0 Å². The first kappa shape index (κ1) is 34.9. The van der Waals surface area contributed by atoms with E-state index < -0.39 is 8.07 Å². The monoisotopic (exact) mass is 588 g/mol. The molecule has 36 heavy (non-hydrogen) atoms. The Bertz CT molecular complexity index is 1070. The van der Waals surface area contributed by atoms with Crippen molar-refractivity contribution in [1.29, 1.82) is 0 Å². The SMILES string of the molecule is CCC1=C([Si](c2cc(C)cc(C)c2)(c2cc(C)cc(C)c2)c2cc(C)cc(C)c2)CC=[C-]1.[Cl-].[Cl-].[Cl-].[Ti+4]. The average molecular weight is 590 g/mol. The molecule has 0 aromatic heterocycles. The Labute approximate surface area is 253 Å². The first-order chi connectivity index (χ1) is 15.2. The molecule has 0 heterocycles. The minimum Gasteiger partial charge on any atom is -1.00 e. The van der Waals surface area contributed by atoms with Gasteiger partial charge in [-0.05, 0) is 41.5 Å². The minimum atomic E-state index is -2.48. The van der Waals surface area contributed by atoms with Gasteiger partial charge in [0.25, 0.3) is 0 Å². The van der Waals surface area contributed by atoms with Gasteiger partial charge in [0.2, 0.25) is 0 Å². The van der Waals surface area contributed by atoms with E-state index in [2.05, 4.69) is 115 Å². The third-order valence-electron chi connectivity index (χ3n) is 6.72. The van der Waals surface area contributed by atoms with Gasteiger partial charge in [0.15, 0.2) is 0 Å². The van der Waals surface area contributed by atoms with Gasteiger partial charge in [0, 0.05) is 0 Å². The van der Waals surface area contributed by atoms with Crippen molar-refractivity contribution in [3.63, 3.8) is 0 Å². The molecule has 0 N–H and O–H groups in total. The van der Waals surface area contributed by atoms with E-state index in [0.717, 1.165) is 12.8 Å². The fourth-order valence-electron chi connectivity index (χ4n) is 5.78. The van der Waals surface area contributed by atoms with Crippen LogP contribution in [0.1, 0.15) is 53.1 Å². The number of hydrogen-bond acceptors (Lipinski definition) is 0. The predicted octanol–water partition coefficient (Wildman–Crippen LogP) is -2.97. The molecular formula is C31H35Cl3SiTi. The van der Waals surface area contributed by atoms with Crippen LogP contribution in [0.25, 0.3) is 0 Å². The van der Waals surface area contributed by atoms with Crippen LogP contribution >= 0.6 is 0 Å². The van der Waals surface area contributed by atoms with Crippen molar-refractivity contribution in [3.05, 3.63) is 111 Å². The number of benzene rings is 3. The molecule has 188 valence electrons. The van der Waals surface area contributed by atoms with E-state index in [0.29, 0.717) is 0 Å². The molecular weight excluding hydrogens is 555 g/mol. The van der Waals surface area contributed by atoms with E-state index in [-0.39, 0.29) is 58.9 Å². The molecule has 0 saturated carbocycles. The molecule has 0 unspecified atom stereocenters. The van der Waals surface area contributed by atoms with Crippen LogP contribution in [0.3, 0.4) is 0 Å². The molecule has 1 aliphatic rings. The summed E-state index contributed by atoms with van der Waals surface area (Å²) in [5, 5.41) is 6.12. The number of rotatable bonds is 5. The molecule has 0 spiro atoms. The molecule has 4 rings (SSSR count). The standard InChI is InChI=1S/C31H35Si.3ClH.Ti/c1-8-27-10-9-11-31(27)32(28-15-21(2)12-22(3)16-28,29-17-23(4)13-24(5)18-29)30-19-25(6)14-26(7)20-30;;;;/h9,12-20H,8,11H2,1-7H3;3*1H;/q-1;;;;+4/p-3. The number of allylic oxidation sites excluding steroid dienone is 4. The van der Waals surface area contributed by atoms with E-state index in [9.17, 15) is 0 Å².